The molecule has 0 bridgehead atoms. The van der Waals surface area contributed by atoms with E-state index >= 15 is 0 Å². The van der Waals surface area contributed by atoms with Crippen LogP contribution < -0.4 is 16.0 Å². The number of benzene rings is 1. The topological polar surface area (TPSA) is 95.0 Å². The number of nitrogens with zero attached hydrogens (tertiary/aromatic N) is 3. The predicted molar refractivity (Wildman–Crippen MR) is 105 cm³/mol. The number of aromatic nitrogens is 1. The van der Waals surface area contributed by atoms with E-state index < -0.39 is 30.1 Å². The number of carbonyl (C=O) groups excluding carboxylic acids is 1. The second-order valence-corrected chi connectivity index (χ2v) is 8.09. The largest absolute Gasteiger partial charge is 0.393 e. The maximum atomic E-state index is 13.7. The van der Waals surface area contributed by atoms with Crippen LogP contribution in [-0.2, 0) is 4.79 Å². The minimum absolute atomic E-state index is 0.122. The first-order valence-electron chi connectivity index (χ1n) is 9.93. The first kappa shape index (κ1) is 20.4. The van der Waals surface area contributed by atoms with Crippen LogP contribution in [0.3, 0.4) is 0 Å². The fraction of sp³-hybridized carbons (Fsp3) is 0.476. The summed E-state index contributed by atoms with van der Waals surface area (Å²) in [5.74, 6) is -1.86. The summed E-state index contributed by atoms with van der Waals surface area (Å²) in [5, 5.41) is 12.7. The smallest absolute Gasteiger partial charge is 0.368 e. The minimum Gasteiger partial charge on any atom is -0.368 e. The lowest BCUT2D eigenvalue weighted by Gasteiger charge is -2.40. The first-order chi connectivity index (χ1) is 14.3. The Balaban J connectivity index is 1.64. The van der Waals surface area contributed by atoms with Crippen LogP contribution in [0.1, 0.15) is 24.8 Å². The molecule has 4 rings (SSSR count). The molecule has 1 aromatic carbocycles. The zero-order chi connectivity index (χ0) is 21.5. The van der Waals surface area contributed by atoms with E-state index in [0.717, 1.165) is 12.8 Å². The lowest BCUT2D eigenvalue weighted by Crippen LogP contribution is -2.56. The zero-order valence-corrected chi connectivity index (χ0v) is 16.2. The monoisotopic (exact) mass is 417 g/mol. The Labute approximate surface area is 171 Å². The molecular formula is C21H22F3N5O. The van der Waals surface area contributed by atoms with Gasteiger partial charge in [-0.3, -0.25) is 9.78 Å². The van der Waals surface area contributed by atoms with Crippen molar-refractivity contribution in [3.63, 3.8) is 0 Å². The normalized spacial score (nSPS) is 23.1. The van der Waals surface area contributed by atoms with Gasteiger partial charge in [-0.2, -0.15) is 18.4 Å². The molecule has 2 heterocycles. The number of nitrogens with one attached hydrogen (secondary N) is 1. The molecule has 1 saturated carbocycles. The molecule has 2 fully saturated rings. The van der Waals surface area contributed by atoms with Gasteiger partial charge in [0.15, 0.2) is 0 Å². The van der Waals surface area contributed by atoms with Crippen molar-refractivity contribution in [3.05, 3.63) is 36.0 Å². The van der Waals surface area contributed by atoms with Crippen molar-refractivity contribution in [2.45, 2.75) is 37.5 Å². The summed E-state index contributed by atoms with van der Waals surface area (Å²) >= 11 is 0. The van der Waals surface area contributed by atoms with Crippen molar-refractivity contribution >= 4 is 22.5 Å². The molecular weight excluding hydrogens is 395 g/mol. The van der Waals surface area contributed by atoms with Crippen LogP contribution in [0.25, 0.3) is 10.9 Å². The summed E-state index contributed by atoms with van der Waals surface area (Å²) in [7, 11) is 0. The number of anilines is 1. The fourth-order valence-electron chi connectivity index (χ4n) is 4.13. The second-order valence-electron chi connectivity index (χ2n) is 8.09. The molecule has 9 heteroatoms. The molecule has 2 aromatic rings. The van der Waals surface area contributed by atoms with E-state index in [1.54, 1.807) is 35.4 Å². The molecule has 30 heavy (non-hydrogen) atoms. The van der Waals surface area contributed by atoms with Crippen LogP contribution in [0.5, 0.6) is 0 Å². The van der Waals surface area contributed by atoms with Gasteiger partial charge in [0.25, 0.3) is 0 Å². The Morgan fingerprint density at radius 2 is 2.07 bits per heavy atom. The molecule has 2 aliphatic rings. The Hall–Kier alpha value is -2.86. The third kappa shape index (κ3) is 4.05. The summed E-state index contributed by atoms with van der Waals surface area (Å²) in [4.78, 5) is 18.3. The van der Waals surface area contributed by atoms with Gasteiger partial charge in [0, 0.05) is 36.4 Å². The Morgan fingerprint density at radius 3 is 2.73 bits per heavy atom. The van der Waals surface area contributed by atoms with Crippen molar-refractivity contribution in [1.29, 1.82) is 5.26 Å². The van der Waals surface area contributed by atoms with E-state index in [1.165, 1.54) is 0 Å². The third-order valence-corrected chi connectivity index (χ3v) is 5.90. The molecule has 6 nitrogen and oxygen atoms in total. The number of nitriles is 1. The van der Waals surface area contributed by atoms with Gasteiger partial charge in [0.1, 0.15) is 6.07 Å². The van der Waals surface area contributed by atoms with Gasteiger partial charge < -0.3 is 16.0 Å². The number of rotatable bonds is 4. The van der Waals surface area contributed by atoms with Crippen molar-refractivity contribution in [2.24, 2.45) is 17.6 Å². The summed E-state index contributed by atoms with van der Waals surface area (Å²) in [5.41, 5.74) is 7.30. The van der Waals surface area contributed by atoms with Crippen molar-refractivity contribution in [1.82, 2.24) is 10.3 Å². The number of nitrogens with two attached hydrogens (primary N) is 1. The average Bonchev–Trinajstić information content (AvgIpc) is 3.56. The van der Waals surface area contributed by atoms with Crippen molar-refractivity contribution in [3.8, 4) is 6.07 Å². The molecule has 3 N–H and O–H groups in total. The highest BCUT2D eigenvalue weighted by Gasteiger charge is 2.45. The summed E-state index contributed by atoms with van der Waals surface area (Å²) in [6, 6.07) is 7.36. The predicted octanol–water partition coefficient (Wildman–Crippen LogP) is 2.72. The maximum Gasteiger partial charge on any atom is 0.393 e. The van der Waals surface area contributed by atoms with Gasteiger partial charge in [-0.25, -0.2) is 0 Å². The standard InChI is InChI=1S/C21H22F3N5O/c22-21(23,24)14-8-15(28-20(30)18(26)12-3-4-12)11-29(10-14)17-6-5-13(9-25)19-16(17)2-1-7-27-19/h1-2,5-7,12,14-15,18H,3-4,8,10-11,26H2,(H,28,30)/t14-,15+,18+/m0/s1. The number of hydrogen-bond donors (Lipinski definition) is 2. The Bertz CT molecular complexity index is 998. The lowest BCUT2D eigenvalue weighted by atomic mass is 9.92. The molecule has 158 valence electrons. The summed E-state index contributed by atoms with van der Waals surface area (Å²) in [6.45, 7) is 0.00600. The number of pyridine rings is 1. The van der Waals surface area contributed by atoms with E-state index in [0.29, 0.717) is 22.2 Å². The van der Waals surface area contributed by atoms with Gasteiger partial charge in [0.05, 0.1) is 23.0 Å². The van der Waals surface area contributed by atoms with Crippen LogP contribution in [0.15, 0.2) is 30.5 Å². The number of halogens is 3. The molecule has 0 radical (unpaired) electrons. The van der Waals surface area contributed by atoms with E-state index in [-0.39, 0.29) is 25.4 Å². The molecule has 1 aliphatic carbocycles. The quantitative estimate of drug-likeness (QED) is 0.798. The highest BCUT2D eigenvalue weighted by molar-refractivity contribution is 5.95. The highest BCUT2D eigenvalue weighted by Crippen LogP contribution is 2.37. The van der Waals surface area contributed by atoms with Crippen LogP contribution in [0, 0.1) is 23.2 Å². The maximum absolute atomic E-state index is 13.7. The molecule has 0 unspecified atom stereocenters. The first-order valence-corrected chi connectivity index (χ1v) is 9.93. The van der Waals surface area contributed by atoms with Gasteiger partial charge in [0.2, 0.25) is 5.91 Å². The van der Waals surface area contributed by atoms with Crippen LogP contribution in [0.2, 0.25) is 0 Å². The SMILES string of the molecule is N#Cc1ccc(N2C[C@H](NC(=O)[C@H](N)C3CC3)C[C@H](C(F)(F)F)C2)c2cccnc12. The van der Waals surface area contributed by atoms with E-state index in [1.807, 2.05) is 0 Å². The van der Waals surface area contributed by atoms with Gasteiger partial charge in [-0.1, -0.05) is 0 Å². The van der Waals surface area contributed by atoms with Crippen molar-refractivity contribution in [2.75, 3.05) is 18.0 Å². The van der Waals surface area contributed by atoms with Crippen molar-refractivity contribution < 1.29 is 18.0 Å². The van der Waals surface area contributed by atoms with Crippen LogP contribution in [-0.4, -0.2) is 42.2 Å². The zero-order valence-electron chi connectivity index (χ0n) is 16.2. The lowest BCUT2D eigenvalue weighted by molar-refractivity contribution is -0.178. The highest BCUT2D eigenvalue weighted by atomic mass is 19.4. The van der Waals surface area contributed by atoms with E-state index in [4.69, 9.17) is 5.73 Å². The van der Waals surface area contributed by atoms with E-state index in [2.05, 4.69) is 16.4 Å². The number of carbonyl (C=O) groups is 1. The minimum atomic E-state index is -4.39. The van der Waals surface area contributed by atoms with E-state index in [9.17, 15) is 23.2 Å². The molecule has 1 aliphatic heterocycles. The number of amides is 1. The molecule has 3 atom stereocenters. The summed E-state index contributed by atoms with van der Waals surface area (Å²) < 4.78 is 41.0. The summed E-state index contributed by atoms with van der Waals surface area (Å²) in [6.07, 6.45) is -1.28. The number of piperidine rings is 1. The average molecular weight is 417 g/mol. The second kappa shape index (κ2) is 7.76. The number of alkyl halides is 3. The molecule has 1 saturated heterocycles. The number of hydrogen-bond acceptors (Lipinski definition) is 5. The van der Waals surface area contributed by atoms with Gasteiger partial charge in [-0.15, -0.1) is 0 Å². The molecule has 0 spiro atoms. The third-order valence-electron chi connectivity index (χ3n) is 5.90. The Kier molecular flexibility index (Phi) is 5.28. The molecule has 1 aromatic heterocycles. The van der Waals surface area contributed by atoms with Gasteiger partial charge >= 0.3 is 6.18 Å². The van der Waals surface area contributed by atoms with Crippen LogP contribution >= 0.6 is 0 Å². The molecule has 1 amide bonds. The van der Waals surface area contributed by atoms with Gasteiger partial charge in [-0.05, 0) is 49.4 Å². The van der Waals surface area contributed by atoms with Crippen LogP contribution in [0.4, 0.5) is 18.9 Å². The number of fused-ring (bicyclic) bond motifs is 1. The Morgan fingerprint density at radius 1 is 1.30 bits per heavy atom. The fourth-order valence-corrected chi connectivity index (χ4v) is 4.13.